The van der Waals surface area contributed by atoms with Gasteiger partial charge >= 0.3 is 11.9 Å². The lowest BCUT2D eigenvalue weighted by Crippen LogP contribution is -2.35. The molecule has 0 saturated heterocycles. The van der Waals surface area contributed by atoms with Gasteiger partial charge in [-0.2, -0.15) is 0 Å². The van der Waals surface area contributed by atoms with Gasteiger partial charge in [0.2, 0.25) is 0 Å². The van der Waals surface area contributed by atoms with Crippen LogP contribution in [0.15, 0.2) is 0 Å². The Balaban J connectivity index is 4.15. The number of esters is 2. The lowest BCUT2D eigenvalue weighted by molar-refractivity contribution is -0.161. The average molecular weight is 541 g/mol. The third-order valence-corrected chi connectivity index (χ3v) is 7.44. The quantitative estimate of drug-likeness (QED) is 0.0755. The lowest BCUT2D eigenvalue weighted by atomic mass is 10.0. The van der Waals surface area contributed by atoms with Crippen molar-refractivity contribution in [2.24, 2.45) is 0 Å². The molecule has 226 valence electrons. The van der Waals surface area contributed by atoms with Crippen molar-refractivity contribution < 1.29 is 24.2 Å². The van der Waals surface area contributed by atoms with Crippen molar-refractivity contribution in [3.8, 4) is 0 Å². The Morgan fingerprint density at radius 2 is 0.895 bits per heavy atom. The van der Waals surface area contributed by atoms with E-state index in [0.29, 0.717) is 19.3 Å². The van der Waals surface area contributed by atoms with E-state index in [4.69, 9.17) is 9.47 Å². The molecule has 0 aromatic heterocycles. The highest BCUT2D eigenvalue weighted by Crippen LogP contribution is 2.16. The monoisotopic (exact) mass is 540 g/mol. The SMILES string of the molecule is CCCCCCCCCCCC(=O)OCC(O)C(CCCCCC)OC(=O)CCCCCCCCCCC. The zero-order valence-electron chi connectivity index (χ0n) is 25.6. The van der Waals surface area contributed by atoms with Gasteiger partial charge in [0.25, 0.3) is 0 Å². The highest BCUT2D eigenvalue weighted by atomic mass is 16.6. The van der Waals surface area contributed by atoms with E-state index in [9.17, 15) is 14.7 Å². The molecule has 0 aromatic carbocycles. The summed E-state index contributed by atoms with van der Waals surface area (Å²) in [6, 6.07) is 0. The van der Waals surface area contributed by atoms with Crippen LogP contribution in [0.4, 0.5) is 0 Å². The topological polar surface area (TPSA) is 72.8 Å². The first-order chi connectivity index (χ1) is 18.5. The highest BCUT2D eigenvalue weighted by Gasteiger charge is 2.24. The molecule has 0 aliphatic heterocycles. The number of carbonyl (C=O) groups is 2. The summed E-state index contributed by atoms with van der Waals surface area (Å²) in [6.07, 6.45) is 25.7. The molecule has 0 saturated carbocycles. The Bertz CT molecular complexity index is 522. The molecule has 0 aliphatic rings. The third-order valence-electron chi connectivity index (χ3n) is 7.44. The zero-order chi connectivity index (χ0) is 28.1. The van der Waals surface area contributed by atoms with Crippen LogP contribution in [-0.2, 0) is 19.1 Å². The van der Waals surface area contributed by atoms with Crippen molar-refractivity contribution in [3.63, 3.8) is 0 Å². The number of aliphatic hydroxyl groups is 1. The summed E-state index contributed by atoms with van der Waals surface area (Å²) in [6.45, 7) is 6.53. The second kappa shape index (κ2) is 28.9. The fourth-order valence-electron chi connectivity index (χ4n) is 4.85. The standard InChI is InChI=1S/C33H64O5/c1-4-7-10-13-15-17-19-21-24-27-32(35)37-29-30(34)31(26-23-12-9-6-3)38-33(36)28-25-22-20-18-16-14-11-8-5-2/h30-31,34H,4-29H2,1-3H3. The Morgan fingerprint density at radius 3 is 1.34 bits per heavy atom. The molecule has 1 N–H and O–H groups in total. The number of hydrogen-bond acceptors (Lipinski definition) is 5. The summed E-state index contributed by atoms with van der Waals surface area (Å²) in [5.74, 6) is -0.508. The van der Waals surface area contributed by atoms with E-state index in [1.807, 2.05) is 0 Å². The number of aliphatic hydroxyl groups excluding tert-OH is 1. The summed E-state index contributed by atoms with van der Waals surface area (Å²) >= 11 is 0. The summed E-state index contributed by atoms with van der Waals surface area (Å²) in [7, 11) is 0. The second-order valence-corrected chi connectivity index (χ2v) is 11.3. The summed E-state index contributed by atoms with van der Waals surface area (Å²) in [5.41, 5.74) is 0. The van der Waals surface area contributed by atoms with E-state index >= 15 is 0 Å². The third kappa shape index (κ3) is 25.2. The first-order valence-electron chi connectivity index (χ1n) is 16.6. The number of ether oxygens (including phenoxy) is 2. The Labute approximate surface area is 236 Å². The average Bonchev–Trinajstić information content (AvgIpc) is 2.91. The minimum absolute atomic E-state index is 0.0972. The van der Waals surface area contributed by atoms with E-state index in [1.54, 1.807) is 0 Å². The van der Waals surface area contributed by atoms with Crippen molar-refractivity contribution in [3.05, 3.63) is 0 Å². The van der Waals surface area contributed by atoms with E-state index in [0.717, 1.165) is 64.2 Å². The largest absolute Gasteiger partial charge is 0.463 e. The van der Waals surface area contributed by atoms with E-state index < -0.39 is 12.2 Å². The number of rotatable bonds is 29. The maximum Gasteiger partial charge on any atom is 0.306 e. The first kappa shape index (κ1) is 36.9. The molecule has 38 heavy (non-hydrogen) atoms. The molecule has 2 atom stereocenters. The predicted octanol–water partition coefficient (Wildman–Crippen LogP) is 9.61. The van der Waals surface area contributed by atoms with Gasteiger partial charge in [0.15, 0.2) is 0 Å². The van der Waals surface area contributed by atoms with Gasteiger partial charge in [0, 0.05) is 12.8 Å². The molecule has 0 bridgehead atoms. The van der Waals surface area contributed by atoms with Gasteiger partial charge < -0.3 is 14.6 Å². The van der Waals surface area contributed by atoms with Gasteiger partial charge in [0.05, 0.1) is 0 Å². The molecule has 0 radical (unpaired) electrons. The van der Waals surface area contributed by atoms with Crippen LogP contribution in [0.25, 0.3) is 0 Å². The van der Waals surface area contributed by atoms with Crippen LogP contribution < -0.4 is 0 Å². The molecule has 0 rings (SSSR count). The molecule has 0 heterocycles. The van der Waals surface area contributed by atoms with Crippen LogP contribution in [-0.4, -0.2) is 35.9 Å². The molecule has 0 spiro atoms. The zero-order valence-corrected chi connectivity index (χ0v) is 25.6. The molecule has 5 nitrogen and oxygen atoms in total. The normalized spacial score (nSPS) is 12.8. The van der Waals surface area contributed by atoms with Crippen LogP contribution in [0, 0.1) is 0 Å². The molecule has 2 unspecified atom stereocenters. The van der Waals surface area contributed by atoms with Crippen LogP contribution in [0.2, 0.25) is 0 Å². The summed E-state index contributed by atoms with van der Waals surface area (Å²) in [4.78, 5) is 24.6. The van der Waals surface area contributed by atoms with Gasteiger partial charge in [-0.1, -0.05) is 143 Å². The minimum Gasteiger partial charge on any atom is -0.463 e. The van der Waals surface area contributed by atoms with Gasteiger partial charge in [-0.05, 0) is 25.7 Å². The minimum atomic E-state index is -0.962. The number of unbranched alkanes of at least 4 members (excludes halogenated alkanes) is 19. The fourth-order valence-corrected chi connectivity index (χ4v) is 4.85. The van der Waals surface area contributed by atoms with E-state index in [-0.39, 0.29) is 18.5 Å². The van der Waals surface area contributed by atoms with Crippen LogP contribution in [0.1, 0.15) is 181 Å². The molecule has 0 amide bonds. The lowest BCUT2D eigenvalue weighted by Gasteiger charge is -2.23. The Morgan fingerprint density at radius 1 is 0.526 bits per heavy atom. The Hall–Kier alpha value is -1.10. The molecule has 0 aliphatic carbocycles. The maximum absolute atomic E-state index is 12.5. The highest BCUT2D eigenvalue weighted by molar-refractivity contribution is 5.70. The first-order valence-corrected chi connectivity index (χ1v) is 16.6. The number of hydrogen-bond donors (Lipinski definition) is 1. The van der Waals surface area contributed by atoms with Crippen LogP contribution >= 0.6 is 0 Å². The van der Waals surface area contributed by atoms with E-state index in [1.165, 1.54) is 77.0 Å². The predicted molar refractivity (Wildman–Crippen MR) is 159 cm³/mol. The smallest absolute Gasteiger partial charge is 0.306 e. The van der Waals surface area contributed by atoms with E-state index in [2.05, 4.69) is 20.8 Å². The van der Waals surface area contributed by atoms with Crippen molar-refractivity contribution in [1.29, 1.82) is 0 Å². The molecule has 0 aromatic rings. The van der Waals surface area contributed by atoms with Crippen LogP contribution in [0.5, 0.6) is 0 Å². The number of carbonyl (C=O) groups excluding carboxylic acids is 2. The molecule has 5 heteroatoms. The molecular formula is C33H64O5. The van der Waals surface area contributed by atoms with Gasteiger partial charge in [-0.15, -0.1) is 0 Å². The van der Waals surface area contributed by atoms with Crippen molar-refractivity contribution in [2.45, 2.75) is 193 Å². The summed E-state index contributed by atoms with van der Waals surface area (Å²) < 4.78 is 11.0. The van der Waals surface area contributed by atoms with Crippen molar-refractivity contribution in [1.82, 2.24) is 0 Å². The van der Waals surface area contributed by atoms with Crippen molar-refractivity contribution >= 4 is 11.9 Å². The van der Waals surface area contributed by atoms with Gasteiger partial charge in [-0.25, -0.2) is 0 Å². The van der Waals surface area contributed by atoms with Crippen LogP contribution in [0.3, 0.4) is 0 Å². The fraction of sp³-hybridized carbons (Fsp3) is 0.939. The Kier molecular flexibility index (Phi) is 28.1. The maximum atomic E-state index is 12.5. The van der Waals surface area contributed by atoms with Gasteiger partial charge in [0.1, 0.15) is 18.8 Å². The molecular weight excluding hydrogens is 476 g/mol. The second-order valence-electron chi connectivity index (χ2n) is 11.3. The summed E-state index contributed by atoms with van der Waals surface area (Å²) in [5, 5.41) is 10.7. The van der Waals surface area contributed by atoms with Gasteiger partial charge in [-0.3, -0.25) is 9.59 Å². The van der Waals surface area contributed by atoms with Crippen molar-refractivity contribution in [2.75, 3.05) is 6.61 Å². The molecule has 0 fully saturated rings.